The number of aromatic nitrogens is 2. The number of thiophene rings is 1. The Morgan fingerprint density at radius 1 is 1.30 bits per heavy atom. The molecule has 0 aliphatic carbocycles. The van der Waals surface area contributed by atoms with Gasteiger partial charge in [-0.25, -0.2) is 8.42 Å². The van der Waals surface area contributed by atoms with Gasteiger partial charge in [0, 0.05) is 24.0 Å². The van der Waals surface area contributed by atoms with Gasteiger partial charge in [0.25, 0.3) is 10.0 Å². The van der Waals surface area contributed by atoms with Gasteiger partial charge in [-0.15, -0.1) is 11.3 Å². The lowest BCUT2D eigenvalue weighted by atomic mass is 10.1. The van der Waals surface area contributed by atoms with Crippen LogP contribution in [0.5, 0.6) is 0 Å². The first kappa shape index (κ1) is 20.5. The first-order chi connectivity index (χ1) is 14.4. The average Bonchev–Trinajstić information content (AvgIpc) is 3.49. The minimum Gasteiger partial charge on any atom is -0.334 e. The number of nitrogens with one attached hydrogen (secondary N) is 1. The Hall–Kier alpha value is -2.72. The van der Waals surface area contributed by atoms with E-state index in [9.17, 15) is 13.2 Å². The van der Waals surface area contributed by atoms with E-state index in [0.29, 0.717) is 30.8 Å². The van der Waals surface area contributed by atoms with Gasteiger partial charge in [-0.1, -0.05) is 30.3 Å². The maximum atomic E-state index is 12.9. The standard InChI is InChI=1S/C20H22N4O4S2/c1-3-14-8-6-7-13(2)17(14)23-30(26,27)16-11-15(12-29-16)18-21-19(28-22-18)20(25)24-9-4-5-10-24/h6-8,11-12,23H,3-5,9-10H2,1-2H3. The third-order valence-corrected chi connectivity index (χ3v) is 7.87. The topological polar surface area (TPSA) is 105 Å². The lowest BCUT2D eigenvalue weighted by Crippen LogP contribution is -2.27. The molecule has 0 unspecified atom stereocenters. The fourth-order valence-electron chi connectivity index (χ4n) is 3.41. The first-order valence-electron chi connectivity index (χ1n) is 9.72. The van der Waals surface area contributed by atoms with E-state index in [4.69, 9.17) is 4.52 Å². The Labute approximate surface area is 179 Å². The molecule has 0 radical (unpaired) electrons. The molecule has 30 heavy (non-hydrogen) atoms. The number of amides is 1. The minimum absolute atomic E-state index is 0.0758. The molecule has 1 amide bonds. The van der Waals surface area contributed by atoms with E-state index in [1.165, 1.54) is 6.07 Å². The van der Waals surface area contributed by atoms with Crippen LogP contribution in [0.25, 0.3) is 11.4 Å². The maximum Gasteiger partial charge on any atom is 0.316 e. The van der Waals surface area contributed by atoms with Gasteiger partial charge >= 0.3 is 11.8 Å². The number of carbonyl (C=O) groups excluding carboxylic acids is 1. The van der Waals surface area contributed by atoms with Crippen LogP contribution in [0, 0.1) is 6.92 Å². The van der Waals surface area contributed by atoms with Crippen molar-refractivity contribution in [2.75, 3.05) is 17.8 Å². The quantitative estimate of drug-likeness (QED) is 0.619. The van der Waals surface area contributed by atoms with E-state index in [0.717, 1.165) is 35.3 Å². The van der Waals surface area contributed by atoms with Gasteiger partial charge in [0.05, 0.1) is 5.69 Å². The van der Waals surface area contributed by atoms with Crippen molar-refractivity contribution in [3.05, 3.63) is 46.7 Å². The summed E-state index contributed by atoms with van der Waals surface area (Å²) >= 11 is 1.07. The predicted octanol–water partition coefficient (Wildman–Crippen LogP) is 3.71. The zero-order valence-electron chi connectivity index (χ0n) is 16.7. The monoisotopic (exact) mass is 446 g/mol. The molecule has 1 N–H and O–H groups in total. The molecule has 0 bridgehead atoms. The van der Waals surface area contributed by atoms with Gasteiger partial charge < -0.3 is 9.42 Å². The second kappa shape index (κ2) is 8.19. The van der Waals surface area contributed by atoms with Crippen LogP contribution in [-0.2, 0) is 16.4 Å². The van der Waals surface area contributed by atoms with Crippen LogP contribution in [0.1, 0.15) is 41.6 Å². The second-order valence-electron chi connectivity index (χ2n) is 7.14. The largest absolute Gasteiger partial charge is 0.334 e. The van der Waals surface area contributed by atoms with Gasteiger partial charge in [0.1, 0.15) is 4.21 Å². The van der Waals surface area contributed by atoms with Gasteiger partial charge in [0.15, 0.2) is 0 Å². The van der Waals surface area contributed by atoms with Crippen molar-refractivity contribution in [1.82, 2.24) is 15.0 Å². The fraction of sp³-hybridized carbons (Fsp3) is 0.350. The van der Waals surface area contributed by atoms with E-state index in [2.05, 4.69) is 14.9 Å². The number of hydrogen-bond donors (Lipinski definition) is 1. The van der Waals surface area contributed by atoms with E-state index < -0.39 is 10.0 Å². The Bertz CT molecular complexity index is 1180. The molecule has 1 aliphatic heterocycles. The Morgan fingerprint density at radius 2 is 2.07 bits per heavy atom. The molecule has 2 aromatic heterocycles. The second-order valence-corrected chi connectivity index (χ2v) is 9.97. The first-order valence-corrected chi connectivity index (χ1v) is 12.1. The summed E-state index contributed by atoms with van der Waals surface area (Å²) < 4.78 is 33.8. The van der Waals surface area contributed by atoms with Crippen molar-refractivity contribution < 1.29 is 17.7 Å². The zero-order chi connectivity index (χ0) is 21.3. The summed E-state index contributed by atoms with van der Waals surface area (Å²) in [4.78, 5) is 18.2. The highest BCUT2D eigenvalue weighted by Crippen LogP contribution is 2.30. The number of anilines is 1. The third kappa shape index (κ3) is 3.97. The molecule has 1 saturated heterocycles. The Kier molecular flexibility index (Phi) is 5.61. The molecule has 1 fully saturated rings. The van der Waals surface area contributed by atoms with Crippen molar-refractivity contribution >= 4 is 33.0 Å². The Balaban J connectivity index is 1.56. The van der Waals surface area contributed by atoms with Crippen molar-refractivity contribution in [1.29, 1.82) is 0 Å². The van der Waals surface area contributed by atoms with E-state index in [-0.39, 0.29) is 21.8 Å². The summed E-state index contributed by atoms with van der Waals surface area (Å²) in [6.07, 6.45) is 2.64. The molecule has 0 atom stereocenters. The number of likely N-dealkylation sites (tertiary alicyclic amines) is 1. The smallest absolute Gasteiger partial charge is 0.316 e. The molecule has 3 heterocycles. The normalized spacial score (nSPS) is 14.3. The number of sulfonamides is 1. The van der Waals surface area contributed by atoms with Crippen LogP contribution >= 0.6 is 11.3 Å². The summed E-state index contributed by atoms with van der Waals surface area (Å²) in [6, 6.07) is 7.18. The molecule has 0 spiro atoms. The Morgan fingerprint density at radius 3 is 2.80 bits per heavy atom. The molecule has 10 heteroatoms. The number of para-hydroxylation sites is 1. The number of nitrogens with zero attached hydrogens (tertiary/aromatic N) is 3. The number of carbonyl (C=O) groups is 1. The van der Waals surface area contributed by atoms with Gasteiger partial charge in [0.2, 0.25) is 5.82 Å². The summed E-state index contributed by atoms with van der Waals surface area (Å²) in [5.74, 6) is -0.170. The highest BCUT2D eigenvalue weighted by Gasteiger charge is 2.26. The van der Waals surface area contributed by atoms with Crippen molar-refractivity contribution in [2.45, 2.75) is 37.3 Å². The van der Waals surface area contributed by atoms with Crippen molar-refractivity contribution in [2.24, 2.45) is 0 Å². The molecule has 3 aromatic rings. The molecular weight excluding hydrogens is 424 g/mol. The zero-order valence-corrected chi connectivity index (χ0v) is 18.3. The van der Waals surface area contributed by atoms with Crippen LogP contribution in [0.2, 0.25) is 0 Å². The van der Waals surface area contributed by atoms with Gasteiger partial charge in [-0.05, 0) is 43.4 Å². The SMILES string of the molecule is CCc1cccc(C)c1NS(=O)(=O)c1cc(-c2noc(C(=O)N3CCCC3)n2)cs1. The molecule has 8 nitrogen and oxygen atoms in total. The molecular formula is C20H22N4O4S2. The lowest BCUT2D eigenvalue weighted by molar-refractivity contribution is 0.0743. The number of benzene rings is 1. The number of hydrogen-bond acceptors (Lipinski definition) is 7. The molecule has 4 rings (SSSR count). The lowest BCUT2D eigenvalue weighted by Gasteiger charge is -2.13. The van der Waals surface area contributed by atoms with E-state index in [1.807, 2.05) is 32.0 Å². The summed E-state index contributed by atoms with van der Waals surface area (Å²) in [5, 5.41) is 5.50. The van der Waals surface area contributed by atoms with Crippen molar-refractivity contribution in [3.63, 3.8) is 0 Å². The van der Waals surface area contributed by atoms with Crippen LogP contribution in [0.3, 0.4) is 0 Å². The fourth-order valence-corrected chi connectivity index (χ4v) is 5.74. The summed E-state index contributed by atoms with van der Waals surface area (Å²) in [7, 11) is -3.77. The highest BCUT2D eigenvalue weighted by molar-refractivity contribution is 7.94. The van der Waals surface area contributed by atoms with Crippen LogP contribution in [0.15, 0.2) is 38.4 Å². The molecule has 0 saturated carbocycles. The minimum atomic E-state index is -3.77. The third-order valence-electron chi connectivity index (χ3n) is 5.08. The summed E-state index contributed by atoms with van der Waals surface area (Å²) in [6.45, 7) is 5.21. The van der Waals surface area contributed by atoms with E-state index >= 15 is 0 Å². The van der Waals surface area contributed by atoms with Gasteiger partial charge in [-0.2, -0.15) is 4.98 Å². The van der Waals surface area contributed by atoms with Crippen LogP contribution in [-0.4, -0.2) is 42.5 Å². The molecule has 158 valence electrons. The summed E-state index contributed by atoms with van der Waals surface area (Å²) in [5.41, 5.74) is 2.88. The number of rotatable bonds is 6. The van der Waals surface area contributed by atoms with Crippen LogP contribution < -0.4 is 4.72 Å². The van der Waals surface area contributed by atoms with Crippen LogP contribution in [0.4, 0.5) is 5.69 Å². The van der Waals surface area contributed by atoms with Crippen molar-refractivity contribution in [3.8, 4) is 11.4 Å². The molecule has 1 aliphatic rings. The van der Waals surface area contributed by atoms with Gasteiger partial charge in [-0.3, -0.25) is 9.52 Å². The predicted molar refractivity (Wildman–Crippen MR) is 114 cm³/mol. The average molecular weight is 447 g/mol. The number of aryl methyl sites for hydroxylation is 2. The molecule has 1 aromatic carbocycles. The maximum absolute atomic E-state index is 12.9. The highest BCUT2D eigenvalue weighted by atomic mass is 32.2. The van der Waals surface area contributed by atoms with E-state index in [1.54, 1.807) is 10.3 Å².